The molecule has 94 valence electrons. The Hall–Kier alpha value is -1.26. The van der Waals surface area contributed by atoms with Gasteiger partial charge in [0.05, 0.1) is 0 Å². The van der Waals surface area contributed by atoms with E-state index in [1.54, 1.807) is 24.3 Å². The van der Waals surface area contributed by atoms with E-state index in [0.717, 1.165) is 13.1 Å². The summed E-state index contributed by atoms with van der Waals surface area (Å²) in [5, 5.41) is 15.2. The molecular weight excluding hydrogens is 240 g/mol. The zero-order valence-electron chi connectivity index (χ0n) is 9.64. The highest BCUT2D eigenvalue weighted by molar-refractivity contribution is 5.92. The zero-order chi connectivity index (χ0) is 11.5. The number of rotatable bonds is 3. The lowest BCUT2D eigenvalue weighted by molar-refractivity contribution is -0.121. The Morgan fingerprint density at radius 2 is 2.24 bits per heavy atom. The second kappa shape index (κ2) is 5.89. The molecule has 1 amide bonds. The second-order valence-corrected chi connectivity index (χ2v) is 4.25. The van der Waals surface area contributed by atoms with Crippen molar-refractivity contribution in [3.63, 3.8) is 0 Å². The Balaban J connectivity index is 0.00000144. The molecule has 1 aliphatic heterocycles. The van der Waals surface area contributed by atoms with Crippen LogP contribution < -0.4 is 10.6 Å². The smallest absolute Gasteiger partial charge is 0.227 e. The third-order valence-corrected chi connectivity index (χ3v) is 3.05. The molecule has 1 fully saturated rings. The number of carbonyl (C=O) groups is 1. The van der Waals surface area contributed by atoms with Gasteiger partial charge < -0.3 is 15.7 Å². The lowest BCUT2D eigenvalue weighted by Crippen LogP contribution is -2.48. The summed E-state index contributed by atoms with van der Waals surface area (Å²) in [6, 6.07) is 6.60. The Morgan fingerprint density at radius 3 is 2.76 bits per heavy atom. The first kappa shape index (κ1) is 13.8. The predicted octanol–water partition coefficient (Wildman–Crippen LogP) is 1.61. The molecule has 3 N–H and O–H groups in total. The maximum atomic E-state index is 11.8. The fourth-order valence-electron chi connectivity index (χ4n) is 1.72. The molecule has 0 radical (unpaired) electrons. The van der Waals surface area contributed by atoms with Crippen LogP contribution in [-0.2, 0) is 4.79 Å². The lowest BCUT2D eigenvalue weighted by Gasteiger charge is -2.31. The fraction of sp³-hybridized carbons (Fsp3) is 0.417. The van der Waals surface area contributed by atoms with Crippen molar-refractivity contribution in [3.05, 3.63) is 24.3 Å². The van der Waals surface area contributed by atoms with Gasteiger partial charge in [-0.1, -0.05) is 13.0 Å². The van der Waals surface area contributed by atoms with E-state index in [-0.39, 0.29) is 30.0 Å². The predicted molar refractivity (Wildman–Crippen MR) is 69.5 cm³/mol. The standard InChI is InChI=1S/C12H16N2O2.ClH/c1-8(9-6-13-7-9)12(16)14-10-3-2-4-11(15)5-10;/h2-5,8-9,13,15H,6-7H2,1H3,(H,14,16);1H. The summed E-state index contributed by atoms with van der Waals surface area (Å²) < 4.78 is 0. The number of hydrogen-bond donors (Lipinski definition) is 3. The third kappa shape index (κ3) is 3.35. The van der Waals surface area contributed by atoms with Gasteiger partial charge in [-0.15, -0.1) is 12.4 Å². The van der Waals surface area contributed by atoms with Crippen molar-refractivity contribution in [2.24, 2.45) is 11.8 Å². The van der Waals surface area contributed by atoms with E-state index in [4.69, 9.17) is 0 Å². The van der Waals surface area contributed by atoms with Gasteiger partial charge in [-0.3, -0.25) is 4.79 Å². The van der Waals surface area contributed by atoms with Gasteiger partial charge in [0, 0.05) is 17.7 Å². The van der Waals surface area contributed by atoms with Crippen LogP contribution in [0.15, 0.2) is 24.3 Å². The number of halogens is 1. The van der Waals surface area contributed by atoms with E-state index in [1.165, 1.54) is 0 Å². The summed E-state index contributed by atoms with van der Waals surface area (Å²) in [6.07, 6.45) is 0. The van der Waals surface area contributed by atoms with Crippen LogP contribution in [0.25, 0.3) is 0 Å². The van der Waals surface area contributed by atoms with Crippen LogP contribution in [0, 0.1) is 11.8 Å². The van der Waals surface area contributed by atoms with E-state index in [2.05, 4.69) is 10.6 Å². The number of phenolic OH excluding ortho intramolecular Hbond substituents is 1. The Bertz CT molecular complexity index is 394. The van der Waals surface area contributed by atoms with Gasteiger partial charge in [-0.25, -0.2) is 0 Å². The molecule has 1 saturated heterocycles. The summed E-state index contributed by atoms with van der Waals surface area (Å²) in [5.74, 6) is 0.605. The van der Waals surface area contributed by atoms with Gasteiger partial charge in [0.15, 0.2) is 0 Å². The van der Waals surface area contributed by atoms with Gasteiger partial charge in [-0.2, -0.15) is 0 Å². The lowest BCUT2D eigenvalue weighted by atomic mass is 9.88. The number of phenols is 1. The molecule has 1 aromatic carbocycles. The molecule has 0 aliphatic carbocycles. The van der Waals surface area contributed by atoms with Gasteiger partial charge >= 0.3 is 0 Å². The molecular formula is C12H17ClN2O2. The van der Waals surface area contributed by atoms with Crippen LogP contribution in [0.5, 0.6) is 5.75 Å². The first-order chi connectivity index (χ1) is 7.66. The number of aromatic hydroxyl groups is 1. The molecule has 0 saturated carbocycles. The molecule has 2 rings (SSSR count). The number of anilines is 1. The Kier molecular flexibility index (Phi) is 4.78. The summed E-state index contributed by atoms with van der Waals surface area (Å²) in [5.41, 5.74) is 0.643. The maximum absolute atomic E-state index is 11.8. The molecule has 17 heavy (non-hydrogen) atoms. The number of benzene rings is 1. The number of hydrogen-bond acceptors (Lipinski definition) is 3. The zero-order valence-corrected chi connectivity index (χ0v) is 10.5. The van der Waals surface area contributed by atoms with Crippen LogP contribution in [0.1, 0.15) is 6.92 Å². The Labute approximate surface area is 107 Å². The summed E-state index contributed by atoms with van der Waals surface area (Å²) in [4.78, 5) is 11.8. The molecule has 1 aliphatic rings. The second-order valence-electron chi connectivity index (χ2n) is 4.25. The highest BCUT2D eigenvalue weighted by Gasteiger charge is 2.28. The average Bonchev–Trinajstić information content (AvgIpc) is 2.14. The van der Waals surface area contributed by atoms with E-state index in [0.29, 0.717) is 11.6 Å². The summed E-state index contributed by atoms with van der Waals surface area (Å²) in [7, 11) is 0. The van der Waals surface area contributed by atoms with Crippen molar-refractivity contribution in [1.82, 2.24) is 5.32 Å². The van der Waals surface area contributed by atoms with Crippen LogP contribution in [0.2, 0.25) is 0 Å². The number of nitrogens with one attached hydrogen (secondary N) is 2. The first-order valence-corrected chi connectivity index (χ1v) is 5.47. The van der Waals surface area contributed by atoms with Gasteiger partial charge in [-0.05, 0) is 31.1 Å². The first-order valence-electron chi connectivity index (χ1n) is 5.47. The maximum Gasteiger partial charge on any atom is 0.227 e. The van der Waals surface area contributed by atoms with Crippen LogP contribution in [0.3, 0.4) is 0 Å². The molecule has 1 atom stereocenters. The normalized spacial score (nSPS) is 16.5. The molecule has 4 nitrogen and oxygen atoms in total. The topological polar surface area (TPSA) is 61.4 Å². The van der Waals surface area contributed by atoms with Gasteiger partial charge in [0.1, 0.15) is 5.75 Å². The molecule has 5 heteroatoms. The number of carbonyl (C=O) groups excluding carboxylic acids is 1. The molecule has 0 aromatic heterocycles. The van der Waals surface area contributed by atoms with E-state index >= 15 is 0 Å². The van der Waals surface area contributed by atoms with E-state index in [9.17, 15) is 9.90 Å². The van der Waals surface area contributed by atoms with Gasteiger partial charge in [0.2, 0.25) is 5.91 Å². The van der Waals surface area contributed by atoms with Crippen molar-refractivity contribution >= 4 is 24.0 Å². The van der Waals surface area contributed by atoms with Crippen molar-refractivity contribution < 1.29 is 9.90 Å². The highest BCUT2D eigenvalue weighted by Crippen LogP contribution is 2.20. The van der Waals surface area contributed by atoms with Crippen LogP contribution in [-0.4, -0.2) is 24.1 Å². The minimum Gasteiger partial charge on any atom is -0.508 e. The molecule has 0 bridgehead atoms. The molecule has 1 aromatic rings. The van der Waals surface area contributed by atoms with Crippen molar-refractivity contribution in [1.29, 1.82) is 0 Å². The SMILES string of the molecule is CC(C(=O)Nc1cccc(O)c1)C1CNC1.Cl. The van der Waals surface area contributed by atoms with Crippen LogP contribution >= 0.6 is 12.4 Å². The van der Waals surface area contributed by atoms with Gasteiger partial charge in [0.25, 0.3) is 0 Å². The third-order valence-electron chi connectivity index (χ3n) is 3.05. The van der Waals surface area contributed by atoms with E-state index in [1.807, 2.05) is 6.92 Å². The van der Waals surface area contributed by atoms with Crippen molar-refractivity contribution in [2.75, 3.05) is 18.4 Å². The monoisotopic (exact) mass is 256 g/mol. The largest absolute Gasteiger partial charge is 0.508 e. The fourth-order valence-corrected chi connectivity index (χ4v) is 1.72. The van der Waals surface area contributed by atoms with Crippen molar-refractivity contribution in [3.8, 4) is 5.75 Å². The summed E-state index contributed by atoms with van der Waals surface area (Å²) >= 11 is 0. The van der Waals surface area contributed by atoms with Crippen molar-refractivity contribution in [2.45, 2.75) is 6.92 Å². The minimum atomic E-state index is 0. The molecule has 1 heterocycles. The van der Waals surface area contributed by atoms with Crippen LogP contribution in [0.4, 0.5) is 5.69 Å². The van der Waals surface area contributed by atoms with E-state index < -0.39 is 0 Å². The minimum absolute atomic E-state index is 0. The quantitative estimate of drug-likeness (QED) is 0.770. The highest BCUT2D eigenvalue weighted by atomic mass is 35.5. The summed E-state index contributed by atoms with van der Waals surface area (Å²) in [6.45, 7) is 3.76. The molecule has 0 spiro atoms. The Morgan fingerprint density at radius 1 is 1.53 bits per heavy atom. The average molecular weight is 257 g/mol. The molecule has 1 unspecified atom stereocenters. The number of amides is 1.